The fourth-order valence-electron chi connectivity index (χ4n) is 3.26. The molecule has 1 aliphatic heterocycles. The third kappa shape index (κ3) is 3.59. The Morgan fingerprint density at radius 2 is 2.21 bits per heavy atom. The van der Waals surface area contributed by atoms with Gasteiger partial charge in [-0.25, -0.2) is 0 Å². The Morgan fingerprint density at radius 3 is 2.84 bits per heavy atom. The van der Waals surface area contributed by atoms with E-state index in [0.717, 1.165) is 19.0 Å². The fraction of sp³-hybridized carbons (Fsp3) is 0.750. The van der Waals surface area contributed by atoms with Crippen molar-refractivity contribution < 1.29 is 0 Å². The second-order valence-electron chi connectivity index (χ2n) is 5.59. The Morgan fingerprint density at radius 1 is 1.37 bits per heavy atom. The maximum absolute atomic E-state index is 6.11. The van der Waals surface area contributed by atoms with Crippen molar-refractivity contribution in [3.8, 4) is 0 Å². The van der Waals surface area contributed by atoms with Crippen molar-refractivity contribution in [2.24, 2.45) is 5.73 Å². The molecule has 2 heterocycles. The Bertz CT molecular complexity index is 373. The lowest BCUT2D eigenvalue weighted by Crippen LogP contribution is -2.44. The summed E-state index contributed by atoms with van der Waals surface area (Å²) >= 11 is 1.96. The van der Waals surface area contributed by atoms with Gasteiger partial charge in [0.1, 0.15) is 0 Å². The van der Waals surface area contributed by atoms with Gasteiger partial charge in [-0.2, -0.15) is 0 Å². The van der Waals surface area contributed by atoms with Crippen LogP contribution in [-0.2, 0) is 6.42 Å². The van der Waals surface area contributed by atoms with E-state index >= 15 is 0 Å². The Kier molecular flexibility index (Phi) is 5.86. The number of thiophene rings is 1. The van der Waals surface area contributed by atoms with Crippen LogP contribution in [-0.4, -0.2) is 24.0 Å². The van der Waals surface area contributed by atoms with E-state index in [1.165, 1.54) is 48.4 Å². The van der Waals surface area contributed by atoms with Gasteiger partial charge in [0.2, 0.25) is 0 Å². The van der Waals surface area contributed by atoms with Crippen molar-refractivity contribution in [1.82, 2.24) is 4.90 Å². The molecule has 1 aromatic rings. The smallest absolute Gasteiger partial charge is 0.0566 e. The minimum Gasteiger partial charge on any atom is -0.329 e. The third-order valence-electron chi connectivity index (χ3n) is 4.28. The molecule has 19 heavy (non-hydrogen) atoms. The zero-order chi connectivity index (χ0) is 13.7. The molecule has 1 saturated heterocycles. The van der Waals surface area contributed by atoms with E-state index in [1.54, 1.807) is 0 Å². The van der Waals surface area contributed by atoms with Gasteiger partial charge >= 0.3 is 0 Å². The Balaban J connectivity index is 2.14. The van der Waals surface area contributed by atoms with Crippen LogP contribution in [0.1, 0.15) is 61.7 Å². The predicted octanol–water partition coefficient (Wildman–Crippen LogP) is 3.96. The van der Waals surface area contributed by atoms with E-state index in [-0.39, 0.29) is 0 Å². The zero-order valence-corrected chi connectivity index (χ0v) is 13.2. The second-order valence-corrected chi connectivity index (χ2v) is 6.79. The molecule has 0 aromatic carbocycles. The number of hydrogen-bond donors (Lipinski definition) is 1. The second kappa shape index (κ2) is 7.41. The van der Waals surface area contributed by atoms with E-state index in [2.05, 4.69) is 30.9 Å². The number of rotatable bonds is 6. The van der Waals surface area contributed by atoms with Gasteiger partial charge in [0.15, 0.2) is 0 Å². The number of likely N-dealkylation sites (tertiary alicyclic amines) is 1. The summed E-state index contributed by atoms with van der Waals surface area (Å²) in [5.74, 6) is 0. The highest BCUT2D eigenvalue weighted by Gasteiger charge is 2.29. The monoisotopic (exact) mass is 280 g/mol. The maximum Gasteiger partial charge on any atom is 0.0566 e. The molecule has 2 nitrogen and oxygen atoms in total. The van der Waals surface area contributed by atoms with Crippen molar-refractivity contribution in [3.05, 3.63) is 21.9 Å². The molecule has 0 saturated carbocycles. The summed E-state index contributed by atoms with van der Waals surface area (Å²) < 4.78 is 0. The molecule has 1 aromatic heterocycles. The summed E-state index contributed by atoms with van der Waals surface area (Å²) in [5, 5.41) is 0. The van der Waals surface area contributed by atoms with Crippen LogP contribution in [0.4, 0.5) is 0 Å². The molecule has 0 bridgehead atoms. The van der Waals surface area contributed by atoms with E-state index in [4.69, 9.17) is 5.73 Å². The zero-order valence-electron chi connectivity index (χ0n) is 12.4. The van der Waals surface area contributed by atoms with Crippen LogP contribution < -0.4 is 5.73 Å². The first-order valence-electron chi connectivity index (χ1n) is 7.84. The SMILES string of the molecule is CCCC1CCCCN1C(CN)c1ccc(CC)s1. The number of nitrogens with two attached hydrogens (primary N) is 1. The van der Waals surface area contributed by atoms with Crippen LogP contribution in [0.25, 0.3) is 0 Å². The van der Waals surface area contributed by atoms with Gasteiger partial charge < -0.3 is 5.73 Å². The number of nitrogens with zero attached hydrogens (tertiary/aromatic N) is 1. The summed E-state index contributed by atoms with van der Waals surface area (Å²) in [6.45, 7) is 6.51. The summed E-state index contributed by atoms with van der Waals surface area (Å²) in [4.78, 5) is 5.65. The average molecular weight is 280 g/mol. The average Bonchev–Trinajstić information content (AvgIpc) is 2.91. The molecule has 2 N–H and O–H groups in total. The van der Waals surface area contributed by atoms with Crippen LogP contribution >= 0.6 is 11.3 Å². The van der Waals surface area contributed by atoms with Gasteiger partial charge in [-0.15, -0.1) is 11.3 Å². The molecule has 0 amide bonds. The highest BCUT2D eigenvalue weighted by molar-refractivity contribution is 7.12. The molecule has 108 valence electrons. The highest BCUT2D eigenvalue weighted by atomic mass is 32.1. The molecule has 2 atom stereocenters. The molecular formula is C16H28N2S. The Hall–Kier alpha value is -0.380. The molecule has 1 aliphatic rings. The summed E-state index contributed by atoms with van der Waals surface area (Å²) in [5.41, 5.74) is 6.11. The molecule has 1 fully saturated rings. The van der Waals surface area contributed by atoms with Gasteiger partial charge in [-0.1, -0.05) is 26.7 Å². The summed E-state index contributed by atoms with van der Waals surface area (Å²) in [6.07, 6.45) is 7.83. The standard InChI is InChI=1S/C16H28N2S/c1-3-7-13-8-5-6-11-18(13)15(12-17)16-10-9-14(4-2)19-16/h9-10,13,15H,3-8,11-12,17H2,1-2H3. The van der Waals surface area contributed by atoms with E-state index in [9.17, 15) is 0 Å². The van der Waals surface area contributed by atoms with Gasteiger partial charge in [0, 0.05) is 22.3 Å². The fourth-order valence-corrected chi connectivity index (χ4v) is 4.34. The van der Waals surface area contributed by atoms with Gasteiger partial charge in [0.05, 0.1) is 6.04 Å². The van der Waals surface area contributed by atoms with Gasteiger partial charge in [-0.05, 0) is 44.4 Å². The first kappa shape index (κ1) is 15.0. The normalized spacial score (nSPS) is 22.6. The van der Waals surface area contributed by atoms with Gasteiger partial charge in [0.25, 0.3) is 0 Å². The quantitative estimate of drug-likeness (QED) is 0.854. The molecule has 0 radical (unpaired) electrons. The molecule has 2 unspecified atom stereocenters. The third-order valence-corrected chi connectivity index (χ3v) is 5.61. The van der Waals surface area contributed by atoms with Crippen LogP contribution in [0.3, 0.4) is 0 Å². The minimum absolute atomic E-state index is 0.446. The van der Waals surface area contributed by atoms with Crippen molar-refractivity contribution in [1.29, 1.82) is 0 Å². The Labute approximate surface area is 122 Å². The lowest BCUT2D eigenvalue weighted by atomic mass is 9.95. The van der Waals surface area contributed by atoms with E-state index in [1.807, 2.05) is 11.3 Å². The molecule has 0 spiro atoms. The van der Waals surface area contributed by atoms with Crippen LogP contribution in [0.5, 0.6) is 0 Å². The van der Waals surface area contributed by atoms with Crippen LogP contribution in [0, 0.1) is 0 Å². The molecule has 2 rings (SSSR count). The number of piperidine rings is 1. The van der Waals surface area contributed by atoms with E-state index < -0.39 is 0 Å². The highest BCUT2D eigenvalue weighted by Crippen LogP contribution is 2.33. The molecule has 3 heteroatoms. The topological polar surface area (TPSA) is 29.3 Å². The van der Waals surface area contributed by atoms with Gasteiger partial charge in [-0.3, -0.25) is 4.90 Å². The summed E-state index contributed by atoms with van der Waals surface area (Å²) in [6, 6.07) is 5.78. The van der Waals surface area contributed by atoms with E-state index in [0.29, 0.717) is 6.04 Å². The lowest BCUT2D eigenvalue weighted by molar-refractivity contribution is 0.0929. The van der Waals surface area contributed by atoms with Crippen molar-refractivity contribution in [2.45, 2.75) is 64.5 Å². The number of aryl methyl sites for hydroxylation is 1. The number of hydrogen-bond acceptors (Lipinski definition) is 3. The molecular weight excluding hydrogens is 252 g/mol. The largest absolute Gasteiger partial charge is 0.329 e. The summed E-state index contributed by atoms with van der Waals surface area (Å²) in [7, 11) is 0. The first-order valence-corrected chi connectivity index (χ1v) is 8.66. The van der Waals surface area contributed by atoms with Crippen molar-refractivity contribution in [3.63, 3.8) is 0 Å². The van der Waals surface area contributed by atoms with Crippen LogP contribution in [0.15, 0.2) is 12.1 Å². The lowest BCUT2D eigenvalue weighted by Gasteiger charge is -2.40. The maximum atomic E-state index is 6.11. The van der Waals surface area contributed by atoms with Crippen LogP contribution in [0.2, 0.25) is 0 Å². The minimum atomic E-state index is 0.446. The predicted molar refractivity (Wildman–Crippen MR) is 84.7 cm³/mol. The van der Waals surface area contributed by atoms with Crippen molar-refractivity contribution in [2.75, 3.05) is 13.1 Å². The van der Waals surface area contributed by atoms with Crippen molar-refractivity contribution >= 4 is 11.3 Å². The molecule has 0 aliphatic carbocycles. The first-order chi connectivity index (χ1) is 9.30.